The molecule has 0 amide bonds. The zero-order chi connectivity index (χ0) is 11.6. The molecule has 1 aromatic carbocycles. The fraction of sp³-hybridized carbons (Fsp3) is 0.167. The molecule has 1 rings (SSSR count). The van der Waals surface area contributed by atoms with Gasteiger partial charge in [0.15, 0.2) is 0 Å². The lowest BCUT2D eigenvalue weighted by Gasteiger charge is -1.95. The van der Waals surface area contributed by atoms with Crippen molar-refractivity contribution < 1.29 is 14.8 Å². The first-order valence-electron chi connectivity index (χ1n) is 5.11. The Hall–Kier alpha value is -1.36. The van der Waals surface area contributed by atoms with Gasteiger partial charge in [-0.2, -0.15) is 0 Å². The molecule has 0 fully saturated rings. The van der Waals surface area contributed by atoms with Crippen LogP contribution in [0.5, 0.6) is 0 Å². The summed E-state index contributed by atoms with van der Waals surface area (Å²) in [4.78, 5) is 0. The summed E-state index contributed by atoms with van der Waals surface area (Å²) in [5.41, 5.74) is 1.13. The van der Waals surface area contributed by atoms with Gasteiger partial charge in [-0.1, -0.05) is 54.5 Å². The van der Waals surface area contributed by atoms with Gasteiger partial charge in [-0.25, -0.2) is 0 Å². The topological polar surface area (TPSA) is 49.7 Å². The van der Waals surface area contributed by atoms with Crippen molar-refractivity contribution in [2.75, 3.05) is 13.2 Å². The summed E-state index contributed by atoms with van der Waals surface area (Å²) < 4.78 is 5.21. The van der Waals surface area contributed by atoms with Gasteiger partial charge in [-0.15, -0.1) is 0 Å². The number of ether oxygens (including phenoxy) is 1. The molecule has 4 heteroatoms. The lowest BCUT2D eigenvalue weighted by Crippen LogP contribution is -2.06. The van der Waals surface area contributed by atoms with E-state index < -0.39 is 7.12 Å². The monoisotopic (exact) mass is 218 g/mol. The van der Waals surface area contributed by atoms with Crippen LogP contribution in [-0.2, 0) is 4.74 Å². The maximum atomic E-state index is 8.50. The van der Waals surface area contributed by atoms with Gasteiger partial charge in [0.2, 0.25) is 0 Å². The Balaban J connectivity index is 2.14. The highest BCUT2D eigenvalue weighted by molar-refractivity contribution is 6.47. The van der Waals surface area contributed by atoms with Crippen molar-refractivity contribution in [2.24, 2.45) is 0 Å². The molecule has 0 atom stereocenters. The highest BCUT2D eigenvalue weighted by Gasteiger charge is 1.96. The molecule has 0 spiro atoms. The molecule has 0 radical (unpaired) electrons. The van der Waals surface area contributed by atoms with Crippen molar-refractivity contribution in [1.29, 1.82) is 0 Å². The summed E-state index contributed by atoms with van der Waals surface area (Å²) in [6, 6.07) is 9.95. The van der Waals surface area contributed by atoms with Crippen LogP contribution in [0.2, 0.25) is 0 Å². The molecule has 0 unspecified atom stereocenters. The predicted molar refractivity (Wildman–Crippen MR) is 65.6 cm³/mol. The van der Waals surface area contributed by atoms with Gasteiger partial charge in [-0.3, -0.25) is 0 Å². The molecule has 1 aromatic rings. The largest absolute Gasteiger partial charge is 0.480 e. The maximum absolute atomic E-state index is 8.50. The van der Waals surface area contributed by atoms with Gasteiger partial charge in [0.05, 0.1) is 13.2 Å². The third kappa shape index (κ3) is 6.19. The third-order valence-corrected chi connectivity index (χ3v) is 1.85. The summed E-state index contributed by atoms with van der Waals surface area (Å²) in [5.74, 6) is 1.26. The third-order valence-electron chi connectivity index (χ3n) is 1.85. The Morgan fingerprint density at radius 1 is 1.06 bits per heavy atom. The van der Waals surface area contributed by atoms with E-state index in [1.54, 1.807) is 6.08 Å². The molecule has 84 valence electrons. The Labute approximate surface area is 95.8 Å². The van der Waals surface area contributed by atoms with Crippen molar-refractivity contribution in [3.63, 3.8) is 0 Å². The number of rotatable bonds is 6. The zero-order valence-corrected chi connectivity index (χ0v) is 8.99. The molecule has 0 aliphatic carbocycles. The van der Waals surface area contributed by atoms with E-state index in [0.29, 0.717) is 13.2 Å². The molecule has 0 saturated carbocycles. The van der Waals surface area contributed by atoms with E-state index in [2.05, 4.69) is 0 Å². The van der Waals surface area contributed by atoms with E-state index >= 15 is 0 Å². The average Bonchev–Trinajstić information content (AvgIpc) is 2.29. The Morgan fingerprint density at radius 3 is 2.44 bits per heavy atom. The zero-order valence-electron chi connectivity index (χ0n) is 8.99. The van der Waals surface area contributed by atoms with Crippen LogP contribution in [0.25, 0.3) is 6.08 Å². The molecule has 2 N–H and O–H groups in total. The van der Waals surface area contributed by atoms with Gasteiger partial charge >= 0.3 is 7.12 Å². The number of benzene rings is 1. The average molecular weight is 218 g/mol. The standard InChI is InChI=1S/C12H15BO3/c14-13(15)9-5-11-16-10-4-8-12-6-2-1-3-7-12/h1-9,14-15H,10-11H2/b8-4+,9-5+. The van der Waals surface area contributed by atoms with Crippen LogP contribution in [0, 0.1) is 0 Å². The van der Waals surface area contributed by atoms with Gasteiger partial charge in [0, 0.05) is 0 Å². The lowest BCUT2D eigenvalue weighted by molar-refractivity contribution is 0.194. The first kappa shape index (κ1) is 12.7. The van der Waals surface area contributed by atoms with E-state index in [1.807, 2.05) is 42.5 Å². The minimum atomic E-state index is -1.40. The fourth-order valence-corrected chi connectivity index (χ4v) is 1.13. The minimum Gasteiger partial charge on any atom is -0.424 e. The van der Waals surface area contributed by atoms with Gasteiger partial charge in [0.1, 0.15) is 0 Å². The van der Waals surface area contributed by atoms with Crippen LogP contribution in [0.1, 0.15) is 5.56 Å². The summed E-state index contributed by atoms with van der Waals surface area (Å²) in [7, 11) is -1.40. The van der Waals surface area contributed by atoms with Crippen LogP contribution in [0.15, 0.2) is 48.5 Å². The van der Waals surface area contributed by atoms with Crippen LogP contribution >= 0.6 is 0 Å². The fourth-order valence-electron chi connectivity index (χ4n) is 1.13. The predicted octanol–water partition coefficient (Wildman–Crippen LogP) is 1.28. The lowest BCUT2D eigenvalue weighted by atomic mass is 9.92. The Morgan fingerprint density at radius 2 is 1.75 bits per heavy atom. The molecular weight excluding hydrogens is 203 g/mol. The minimum absolute atomic E-state index is 0.372. The van der Waals surface area contributed by atoms with Crippen molar-refractivity contribution in [3.05, 3.63) is 54.0 Å². The SMILES string of the molecule is OB(O)/C=C/COC/C=C/c1ccccc1. The second kappa shape index (κ2) is 7.87. The normalized spacial score (nSPS) is 11.4. The van der Waals surface area contributed by atoms with E-state index in [0.717, 1.165) is 5.56 Å². The molecule has 16 heavy (non-hydrogen) atoms. The van der Waals surface area contributed by atoms with Gasteiger partial charge in [-0.05, 0) is 5.56 Å². The van der Waals surface area contributed by atoms with Crippen molar-refractivity contribution in [2.45, 2.75) is 0 Å². The van der Waals surface area contributed by atoms with Crippen molar-refractivity contribution in [1.82, 2.24) is 0 Å². The summed E-state index contributed by atoms with van der Waals surface area (Å²) in [6.07, 6.45) is 5.46. The van der Waals surface area contributed by atoms with Crippen LogP contribution < -0.4 is 0 Å². The first-order chi connectivity index (χ1) is 7.79. The van der Waals surface area contributed by atoms with Crippen LogP contribution in [-0.4, -0.2) is 30.4 Å². The summed E-state index contributed by atoms with van der Waals surface area (Å²) >= 11 is 0. The van der Waals surface area contributed by atoms with E-state index in [-0.39, 0.29) is 0 Å². The summed E-state index contributed by atoms with van der Waals surface area (Å²) in [5, 5.41) is 17.0. The van der Waals surface area contributed by atoms with Crippen molar-refractivity contribution >= 4 is 13.2 Å². The maximum Gasteiger partial charge on any atom is 0.480 e. The quantitative estimate of drug-likeness (QED) is 0.558. The molecule has 0 bridgehead atoms. The van der Waals surface area contributed by atoms with E-state index in [9.17, 15) is 0 Å². The molecule has 0 saturated heterocycles. The van der Waals surface area contributed by atoms with Gasteiger partial charge < -0.3 is 14.8 Å². The molecule has 3 nitrogen and oxygen atoms in total. The Bertz CT molecular complexity index is 333. The van der Waals surface area contributed by atoms with E-state index in [1.165, 1.54) is 5.98 Å². The molecule has 0 aliphatic rings. The van der Waals surface area contributed by atoms with Crippen LogP contribution in [0.4, 0.5) is 0 Å². The second-order valence-corrected chi connectivity index (χ2v) is 3.19. The molecule has 0 aromatic heterocycles. The van der Waals surface area contributed by atoms with Gasteiger partial charge in [0.25, 0.3) is 0 Å². The van der Waals surface area contributed by atoms with Crippen molar-refractivity contribution in [3.8, 4) is 0 Å². The first-order valence-corrected chi connectivity index (χ1v) is 5.11. The van der Waals surface area contributed by atoms with Crippen LogP contribution in [0.3, 0.4) is 0 Å². The second-order valence-electron chi connectivity index (χ2n) is 3.19. The summed E-state index contributed by atoms with van der Waals surface area (Å²) in [6.45, 7) is 0.873. The molecular formula is C12H15BO3. The molecule has 0 aliphatic heterocycles. The smallest absolute Gasteiger partial charge is 0.424 e. The Kier molecular flexibility index (Phi) is 6.26. The van der Waals surface area contributed by atoms with E-state index in [4.69, 9.17) is 14.8 Å². The highest BCUT2D eigenvalue weighted by Crippen LogP contribution is 2.00. The highest BCUT2D eigenvalue weighted by atomic mass is 16.5. The number of hydrogen-bond donors (Lipinski definition) is 2. The molecule has 0 heterocycles. The number of hydrogen-bond acceptors (Lipinski definition) is 3.